The van der Waals surface area contributed by atoms with Crippen LogP contribution in [0.1, 0.15) is 5.56 Å². The summed E-state index contributed by atoms with van der Waals surface area (Å²) in [5, 5.41) is 1.81. The van der Waals surface area contributed by atoms with Crippen LogP contribution < -0.4 is 5.73 Å². The Morgan fingerprint density at radius 2 is 1.86 bits per heavy atom. The molecule has 0 fully saturated rings. The predicted molar refractivity (Wildman–Crippen MR) is 51.2 cm³/mol. The summed E-state index contributed by atoms with van der Waals surface area (Å²) in [6.07, 6.45) is -4.38. The summed E-state index contributed by atoms with van der Waals surface area (Å²) < 4.78 is 38.3. The number of fused-ring (bicyclic) bond motifs is 1. The van der Waals surface area contributed by atoms with Crippen molar-refractivity contribution in [3.63, 3.8) is 0 Å². The van der Waals surface area contributed by atoms with Gasteiger partial charge in [0.1, 0.15) is 0 Å². The number of anilines is 1. The number of nitrogens with two attached hydrogens (primary N) is 1. The van der Waals surface area contributed by atoms with Crippen molar-refractivity contribution in [2.75, 3.05) is 5.73 Å². The van der Waals surface area contributed by atoms with Crippen LogP contribution >= 0.6 is 11.3 Å². The van der Waals surface area contributed by atoms with Crippen molar-refractivity contribution in [2.45, 2.75) is 6.18 Å². The lowest BCUT2D eigenvalue weighted by molar-refractivity contribution is -0.135. The lowest BCUT2D eigenvalue weighted by atomic mass is 10.1. The van der Waals surface area contributed by atoms with E-state index in [1.165, 1.54) is 23.5 Å². The van der Waals surface area contributed by atoms with E-state index in [-0.39, 0.29) is 11.1 Å². The van der Waals surface area contributed by atoms with Gasteiger partial charge in [-0.15, -0.1) is 11.3 Å². The average molecular weight is 217 g/mol. The molecule has 0 bridgehead atoms. The van der Waals surface area contributed by atoms with Crippen molar-refractivity contribution >= 4 is 27.1 Å². The smallest absolute Gasteiger partial charge is 0.398 e. The highest BCUT2D eigenvalue weighted by molar-refractivity contribution is 7.17. The highest BCUT2D eigenvalue weighted by Gasteiger charge is 2.35. The SMILES string of the molecule is Nc1ccc2sccc2c1C(F)(F)F. The lowest BCUT2D eigenvalue weighted by Crippen LogP contribution is -2.08. The Morgan fingerprint density at radius 3 is 2.50 bits per heavy atom. The third kappa shape index (κ3) is 1.33. The summed E-state index contributed by atoms with van der Waals surface area (Å²) in [5.74, 6) is 0. The zero-order chi connectivity index (χ0) is 10.3. The van der Waals surface area contributed by atoms with Crippen molar-refractivity contribution in [2.24, 2.45) is 0 Å². The van der Waals surface area contributed by atoms with E-state index in [1.807, 2.05) is 0 Å². The molecule has 0 spiro atoms. The van der Waals surface area contributed by atoms with Crippen molar-refractivity contribution in [3.8, 4) is 0 Å². The summed E-state index contributed by atoms with van der Waals surface area (Å²) in [4.78, 5) is 0. The first-order valence-electron chi connectivity index (χ1n) is 3.83. The van der Waals surface area contributed by atoms with Gasteiger partial charge in [-0.05, 0) is 23.6 Å². The standard InChI is InChI=1S/C9H6F3NS/c10-9(11,12)8-5-3-4-14-7(5)2-1-6(8)13/h1-4H,13H2. The summed E-state index contributed by atoms with van der Waals surface area (Å²) >= 11 is 1.27. The van der Waals surface area contributed by atoms with Gasteiger partial charge in [0, 0.05) is 15.8 Å². The quantitative estimate of drug-likeness (QED) is 0.671. The summed E-state index contributed by atoms with van der Waals surface area (Å²) in [5.41, 5.74) is 4.37. The van der Waals surface area contributed by atoms with Crippen LogP contribution in [0.5, 0.6) is 0 Å². The maximum absolute atomic E-state index is 12.6. The Balaban J connectivity index is 2.83. The minimum absolute atomic E-state index is 0.183. The Morgan fingerprint density at radius 1 is 1.14 bits per heavy atom. The summed E-state index contributed by atoms with van der Waals surface area (Å²) in [6.45, 7) is 0. The van der Waals surface area contributed by atoms with Gasteiger partial charge in [-0.25, -0.2) is 0 Å². The largest absolute Gasteiger partial charge is 0.419 e. The van der Waals surface area contributed by atoms with Crippen LogP contribution in [0.3, 0.4) is 0 Å². The lowest BCUT2D eigenvalue weighted by Gasteiger charge is -2.10. The monoisotopic (exact) mass is 217 g/mol. The van der Waals surface area contributed by atoms with Crippen molar-refractivity contribution < 1.29 is 13.2 Å². The number of nitrogen functional groups attached to an aromatic ring is 1. The van der Waals surface area contributed by atoms with Gasteiger partial charge >= 0.3 is 6.18 Å². The molecular weight excluding hydrogens is 211 g/mol. The predicted octanol–water partition coefficient (Wildman–Crippen LogP) is 3.50. The first-order chi connectivity index (χ1) is 6.50. The minimum Gasteiger partial charge on any atom is -0.398 e. The fourth-order valence-corrected chi connectivity index (χ4v) is 2.17. The van der Waals surface area contributed by atoms with Crippen LogP contribution in [0.2, 0.25) is 0 Å². The Hall–Kier alpha value is -1.23. The molecule has 0 aliphatic carbocycles. The van der Waals surface area contributed by atoms with Crippen LogP contribution in [0.15, 0.2) is 23.6 Å². The number of rotatable bonds is 0. The fourth-order valence-electron chi connectivity index (χ4n) is 1.38. The van der Waals surface area contributed by atoms with Gasteiger partial charge in [-0.3, -0.25) is 0 Å². The van der Waals surface area contributed by atoms with E-state index in [4.69, 9.17) is 5.73 Å². The normalized spacial score (nSPS) is 12.2. The van der Waals surface area contributed by atoms with Gasteiger partial charge in [0.25, 0.3) is 0 Å². The molecule has 0 atom stereocenters. The minimum atomic E-state index is -4.38. The second-order valence-corrected chi connectivity index (χ2v) is 3.81. The Kier molecular flexibility index (Phi) is 1.92. The molecule has 0 radical (unpaired) electrons. The van der Waals surface area contributed by atoms with E-state index < -0.39 is 11.7 Å². The third-order valence-electron chi connectivity index (χ3n) is 1.95. The first-order valence-corrected chi connectivity index (χ1v) is 4.71. The fraction of sp³-hybridized carbons (Fsp3) is 0.111. The van der Waals surface area contributed by atoms with E-state index in [0.717, 1.165) is 0 Å². The van der Waals surface area contributed by atoms with E-state index in [1.54, 1.807) is 11.4 Å². The number of thiophene rings is 1. The average Bonchev–Trinajstić information content (AvgIpc) is 2.48. The van der Waals surface area contributed by atoms with Gasteiger partial charge in [0.2, 0.25) is 0 Å². The molecule has 0 aliphatic rings. The molecule has 1 nitrogen and oxygen atoms in total. The molecule has 2 aromatic rings. The molecule has 0 saturated heterocycles. The van der Waals surface area contributed by atoms with Gasteiger partial charge < -0.3 is 5.73 Å². The zero-order valence-electron chi connectivity index (χ0n) is 6.93. The molecule has 14 heavy (non-hydrogen) atoms. The number of benzene rings is 1. The van der Waals surface area contributed by atoms with E-state index in [2.05, 4.69) is 0 Å². The molecule has 0 saturated carbocycles. The van der Waals surface area contributed by atoms with Crippen molar-refractivity contribution in [1.82, 2.24) is 0 Å². The number of halogens is 3. The van der Waals surface area contributed by atoms with E-state index in [0.29, 0.717) is 4.70 Å². The van der Waals surface area contributed by atoms with Gasteiger partial charge in [0.05, 0.1) is 5.56 Å². The number of hydrogen-bond acceptors (Lipinski definition) is 2. The Bertz CT molecular complexity index is 472. The highest BCUT2D eigenvalue weighted by Crippen LogP contribution is 2.40. The topological polar surface area (TPSA) is 26.0 Å². The summed E-state index contributed by atoms with van der Waals surface area (Å²) in [7, 11) is 0. The number of alkyl halides is 3. The van der Waals surface area contributed by atoms with Gasteiger partial charge in [0.15, 0.2) is 0 Å². The second kappa shape index (κ2) is 2.88. The van der Waals surface area contributed by atoms with Crippen LogP contribution in [0.25, 0.3) is 10.1 Å². The molecule has 2 N–H and O–H groups in total. The van der Waals surface area contributed by atoms with E-state index in [9.17, 15) is 13.2 Å². The molecule has 5 heteroatoms. The molecule has 1 aromatic carbocycles. The van der Waals surface area contributed by atoms with Gasteiger partial charge in [-0.1, -0.05) is 0 Å². The van der Waals surface area contributed by atoms with Crippen LogP contribution in [0, 0.1) is 0 Å². The highest BCUT2D eigenvalue weighted by atomic mass is 32.1. The molecule has 1 aromatic heterocycles. The van der Waals surface area contributed by atoms with Crippen LogP contribution in [-0.4, -0.2) is 0 Å². The zero-order valence-corrected chi connectivity index (χ0v) is 7.75. The molecule has 74 valence electrons. The second-order valence-electron chi connectivity index (χ2n) is 2.86. The summed E-state index contributed by atoms with van der Waals surface area (Å²) in [6, 6.07) is 4.34. The van der Waals surface area contributed by atoms with Gasteiger partial charge in [-0.2, -0.15) is 13.2 Å². The molecule has 0 unspecified atom stereocenters. The van der Waals surface area contributed by atoms with Crippen LogP contribution in [-0.2, 0) is 6.18 Å². The number of hydrogen-bond donors (Lipinski definition) is 1. The van der Waals surface area contributed by atoms with E-state index >= 15 is 0 Å². The van der Waals surface area contributed by atoms with Crippen LogP contribution in [0.4, 0.5) is 18.9 Å². The first kappa shape index (κ1) is 9.33. The Labute approximate surface area is 82.0 Å². The van der Waals surface area contributed by atoms with Crippen molar-refractivity contribution in [1.29, 1.82) is 0 Å². The molecule has 2 rings (SSSR count). The molecular formula is C9H6F3NS. The molecule has 1 heterocycles. The molecule has 0 aliphatic heterocycles. The maximum Gasteiger partial charge on any atom is 0.419 e. The third-order valence-corrected chi connectivity index (χ3v) is 2.83. The van der Waals surface area contributed by atoms with Crippen molar-refractivity contribution in [3.05, 3.63) is 29.1 Å². The molecule has 0 amide bonds. The maximum atomic E-state index is 12.6.